The highest BCUT2D eigenvalue weighted by molar-refractivity contribution is 5.85. The van der Waals surface area contributed by atoms with Crippen molar-refractivity contribution in [3.8, 4) is 0 Å². The molecular formula is C15H19N3O3. The molecule has 1 aromatic carbocycles. The molecule has 21 heavy (non-hydrogen) atoms. The zero-order valence-corrected chi connectivity index (χ0v) is 11.7. The normalized spacial score (nSPS) is 29.4. The average Bonchev–Trinajstić information content (AvgIpc) is 3.01. The fourth-order valence-electron chi connectivity index (χ4n) is 3.63. The lowest BCUT2D eigenvalue weighted by Gasteiger charge is -2.45. The van der Waals surface area contributed by atoms with Gasteiger partial charge in [0.15, 0.2) is 0 Å². The second-order valence-corrected chi connectivity index (χ2v) is 6.07. The molecule has 4 rings (SSSR count). The lowest BCUT2D eigenvalue weighted by atomic mass is 9.64. The van der Waals surface area contributed by atoms with E-state index >= 15 is 0 Å². The van der Waals surface area contributed by atoms with Gasteiger partial charge in [0, 0.05) is 5.54 Å². The Morgan fingerprint density at radius 3 is 2.57 bits per heavy atom. The summed E-state index contributed by atoms with van der Waals surface area (Å²) in [5.41, 5.74) is 2.49. The Bertz CT molecular complexity index is 553. The maximum absolute atomic E-state index is 11.9. The van der Waals surface area contributed by atoms with E-state index < -0.39 is 6.09 Å². The molecule has 2 amide bonds. The fourth-order valence-corrected chi connectivity index (χ4v) is 3.63. The minimum Gasteiger partial charge on any atom is -0.445 e. The molecule has 0 aliphatic heterocycles. The van der Waals surface area contributed by atoms with Gasteiger partial charge in [-0.05, 0) is 31.2 Å². The van der Waals surface area contributed by atoms with Crippen LogP contribution in [0.15, 0.2) is 30.3 Å². The van der Waals surface area contributed by atoms with E-state index in [0.717, 1.165) is 18.4 Å². The third kappa shape index (κ3) is 2.47. The number of ether oxygens (including phenoxy) is 1. The van der Waals surface area contributed by atoms with E-state index in [9.17, 15) is 9.59 Å². The highest BCUT2D eigenvalue weighted by atomic mass is 16.5. The largest absolute Gasteiger partial charge is 0.445 e. The minimum atomic E-state index is -0.428. The van der Waals surface area contributed by atoms with Crippen LogP contribution < -0.4 is 16.6 Å². The van der Waals surface area contributed by atoms with Gasteiger partial charge < -0.3 is 10.1 Å². The van der Waals surface area contributed by atoms with E-state index in [1.165, 1.54) is 0 Å². The van der Waals surface area contributed by atoms with Crippen molar-refractivity contribution >= 4 is 12.0 Å². The first-order valence-electron chi connectivity index (χ1n) is 7.08. The molecule has 3 saturated carbocycles. The molecule has 0 unspecified atom stereocenters. The van der Waals surface area contributed by atoms with Gasteiger partial charge in [-0.15, -0.1) is 0 Å². The zero-order chi connectivity index (χ0) is 14.9. The molecule has 6 heteroatoms. The number of hydrogen-bond donors (Lipinski definition) is 3. The van der Waals surface area contributed by atoms with Crippen molar-refractivity contribution in [1.82, 2.24) is 10.7 Å². The first kappa shape index (κ1) is 13.9. The molecule has 0 saturated heterocycles. The quantitative estimate of drug-likeness (QED) is 0.441. The molecule has 2 bridgehead atoms. The lowest BCUT2D eigenvalue weighted by molar-refractivity contribution is -0.136. The molecule has 0 radical (unpaired) electrons. The Balaban J connectivity index is 1.50. The molecule has 0 atom stereocenters. The third-order valence-corrected chi connectivity index (χ3v) is 4.63. The van der Waals surface area contributed by atoms with Crippen LogP contribution in [0.1, 0.15) is 31.2 Å². The predicted molar refractivity (Wildman–Crippen MR) is 75.7 cm³/mol. The number of amides is 2. The molecule has 1 aromatic rings. The van der Waals surface area contributed by atoms with Gasteiger partial charge in [-0.1, -0.05) is 30.3 Å². The van der Waals surface area contributed by atoms with Crippen molar-refractivity contribution in [1.29, 1.82) is 0 Å². The molecule has 4 N–H and O–H groups in total. The van der Waals surface area contributed by atoms with Gasteiger partial charge in [0.2, 0.25) is 5.91 Å². The molecule has 6 nitrogen and oxygen atoms in total. The van der Waals surface area contributed by atoms with Crippen LogP contribution in [0.4, 0.5) is 4.79 Å². The van der Waals surface area contributed by atoms with Crippen LogP contribution in [0, 0.1) is 5.41 Å². The predicted octanol–water partition coefficient (Wildman–Crippen LogP) is 1.22. The number of nitrogens with one attached hydrogen (secondary N) is 2. The van der Waals surface area contributed by atoms with Gasteiger partial charge in [-0.2, -0.15) is 0 Å². The SMILES string of the molecule is NNC(=O)C12CCC(NC(=O)OCc3ccccc3)(C1)C2. The number of nitrogens with two attached hydrogens (primary N) is 1. The molecule has 0 heterocycles. The summed E-state index contributed by atoms with van der Waals surface area (Å²) in [5.74, 6) is 5.08. The second kappa shape index (κ2) is 5.04. The van der Waals surface area contributed by atoms with Crippen molar-refractivity contribution in [2.45, 2.75) is 37.8 Å². The number of benzene rings is 1. The Morgan fingerprint density at radius 1 is 1.19 bits per heavy atom. The van der Waals surface area contributed by atoms with Crippen LogP contribution >= 0.6 is 0 Å². The van der Waals surface area contributed by atoms with Crippen molar-refractivity contribution in [2.24, 2.45) is 11.3 Å². The van der Waals surface area contributed by atoms with E-state index in [-0.39, 0.29) is 23.5 Å². The smallest absolute Gasteiger partial charge is 0.407 e. The number of rotatable bonds is 4. The van der Waals surface area contributed by atoms with E-state index in [4.69, 9.17) is 10.6 Å². The van der Waals surface area contributed by atoms with Crippen molar-refractivity contribution in [3.63, 3.8) is 0 Å². The summed E-state index contributed by atoms with van der Waals surface area (Å²) in [7, 11) is 0. The summed E-state index contributed by atoms with van der Waals surface area (Å²) in [6, 6.07) is 9.52. The maximum atomic E-state index is 11.9. The number of carbonyl (C=O) groups excluding carboxylic acids is 2. The molecule has 0 aromatic heterocycles. The summed E-state index contributed by atoms with van der Waals surface area (Å²) < 4.78 is 5.22. The van der Waals surface area contributed by atoms with E-state index in [1.807, 2.05) is 30.3 Å². The Kier molecular flexibility index (Phi) is 3.33. The zero-order valence-electron chi connectivity index (χ0n) is 11.7. The third-order valence-electron chi connectivity index (χ3n) is 4.63. The lowest BCUT2D eigenvalue weighted by Crippen LogP contribution is -2.60. The number of fused-ring (bicyclic) bond motifs is 1. The Labute approximate surface area is 123 Å². The molecule has 112 valence electrons. The maximum Gasteiger partial charge on any atom is 0.407 e. The Morgan fingerprint density at radius 2 is 1.90 bits per heavy atom. The summed E-state index contributed by atoms with van der Waals surface area (Å²) in [6.07, 6.45) is 2.41. The first-order valence-corrected chi connectivity index (χ1v) is 7.08. The van der Waals surface area contributed by atoms with Crippen molar-refractivity contribution < 1.29 is 14.3 Å². The number of alkyl carbamates (subject to hydrolysis) is 1. The Hall–Kier alpha value is -2.08. The van der Waals surface area contributed by atoms with Crippen LogP contribution in [0.3, 0.4) is 0 Å². The molecule has 3 aliphatic rings. The van der Waals surface area contributed by atoms with Gasteiger partial charge in [0.25, 0.3) is 0 Å². The second-order valence-electron chi connectivity index (χ2n) is 6.07. The fraction of sp³-hybridized carbons (Fsp3) is 0.467. The van der Waals surface area contributed by atoms with Gasteiger partial charge >= 0.3 is 6.09 Å². The number of hydrazine groups is 1. The van der Waals surface area contributed by atoms with E-state index in [0.29, 0.717) is 12.8 Å². The topological polar surface area (TPSA) is 93.5 Å². The van der Waals surface area contributed by atoms with Gasteiger partial charge in [0.1, 0.15) is 6.61 Å². The summed E-state index contributed by atoms with van der Waals surface area (Å²) in [4.78, 5) is 23.6. The van der Waals surface area contributed by atoms with Crippen LogP contribution in [-0.4, -0.2) is 17.5 Å². The molecule has 3 fully saturated rings. The minimum absolute atomic E-state index is 0.130. The van der Waals surface area contributed by atoms with E-state index in [1.54, 1.807) is 0 Å². The highest BCUT2D eigenvalue weighted by Gasteiger charge is 2.65. The standard InChI is InChI=1S/C15H19N3O3/c16-18-12(19)14-6-7-15(9-14,10-14)17-13(20)21-8-11-4-2-1-3-5-11/h1-5H,6-10,16H2,(H,17,20)(H,18,19). The average molecular weight is 289 g/mol. The number of hydrogen-bond acceptors (Lipinski definition) is 4. The van der Waals surface area contributed by atoms with Crippen molar-refractivity contribution in [3.05, 3.63) is 35.9 Å². The first-order chi connectivity index (χ1) is 10.1. The van der Waals surface area contributed by atoms with Crippen LogP contribution in [0.25, 0.3) is 0 Å². The van der Waals surface area contributed by atoms with E-state index in [2.05, 4.69) is 10.7 Å². The monoisotopic (exact) mass is 289 g/mol. The summed E-state index contributed by atoms with van der Waals surface area (Å²) >= 11 is 0. The van der Waals surface area contributed by atoms with Crippen LogP contribution in [0.2, 0.25) is 0 Å². The van der Waals surface area contributed by atoms with Crippen molar-refractivity contribution in [2.75, 3.05) is 0 Å². The molecule has 3 aliphatic carbocycles. The summed E-state index contributed by atoms with van der Waals surface area (Å²) in [6.45, 7) is 0.247. The number of carbonyl (C=O) groups is 2. The van der Waals surface area contributed by atoms with Gasteiger partial charge in [0.05, 0.1) is 5.41 Å². The molecule has 0 spiro atoms. The van der Waals surface area contributed by atoms with Gasteiger partial charge in [-0.3, -0.25) is 10.2 Å². The highest BCUT2D eigenvalue weighted by Crippen LogP contribution is 2.61. The molecular weight excluding hydrogens is 270 g/mol. The van der Waals surface area contributed by atoms with Gasteiger partial charge in [-0.25, -0.2) is 10.6 Å². The van der Waals surface area contributed by atoms with Crippen LogP contribution in [0.5, 0.6) is 0 Å². The summed E-state index contributed by atoms with van der Waals surface area (Å²) in [5, 5.41) is 2.91. The van der Waals surface area contributed by atoms with Crippen LogP contribution in [-0.2, 0) is 16.1 Å².